The number of rotatable bonds is 2. The summed E-state index contributed by atoms with van der Waals surface area (Å²) in [7, 11) is 0. The van der Waals surface area contributed by atoms with Crippen molar-refractivity contribution < 1.29 is 0 Å². The Morgan fingerprint density at radius 3 is 2.93 bits per heavy atom. The third-order valence-electron chi connectivity index (χ3n) is 2.59. The van der Waals surface area contributed by atoms with Gasteiger partial charge in [-0.1, -0.05) is 12.5 Å². The molecule has 0 radical (unpaired) electrons. The Bertz CT molecular complexity index is 278. The number of nitrogens with two attached hydrogens (primary N) is 1. The average molecular weight is 208 g/mol. The summed E-state index contributed by atoms with van der Waals surface area (Å²) < 4.78 is 0. The van der Waals surface area contributed by atoms with Crippen LogP contribution in [0.4, 0.5) is 0 Å². The van der Waals surface area contributed by atoms with Gasteiger partial charge in [0, 0.05) is 18.0 Å². The minimum absolute atomic E-state index is 0.588. The number of hydrogen-bond donors (Lipinski definition) is 1. The molecule has 1 aliphatic rings. The van der Waals surface area contributed by atoms with Crippen molar-refractivity contribution in [2.75, 3.05) is 5.75 Å². The van der Waals surface area contributed by atoms with Crippen LogP contribution in [0.5, 0.6) is 0 Å². The van der Waals surface area contributed by atoms with Gasteiger partial charge < -0.3 is 5.73 Å². The van der Waals surface area contributed by atoms with Crippen molar-refractivity contribution in [1.29, 1.82) is 0 Å². The van der Waals surface area contributed by atoms with Crippen molar-refractivity contribution in [3.8, 4) is 0 Å². The normalized spacial score (nSPS) is 22.2. The van der Waals surface area contributed by atoms with Gasteiger partial charge in [-0.15, -0.1) is 0 Å². The predicted molar refractivity (Wildman–Crippen MR) is 61.2 cm³/mol. The van der Waals surface area contributed by atoms with Crippen LogP contribution in [-0.4, -0.2) is 10.7 Å². The molecule has 2 rings (SSSR count). The Balaban J connectivity index is 2.07. The first-order valence-electron chi connectivity index (χ1n) is 5.16. The van der Waals surface area contributed by atoms with Gasteiger partial charge in [0.25, 0.3) is 0 Å². The average Bonchev–Trinajstić information content (AvgIpc) is 2.30. The largest absolute Gasteiger partial charge is 0.326 e. The van der Waals surface area contributed by atoms with Gasteiger partial charge in [-0.2, -0.15) is 11.8 Å². The van der Waals surface area contributed by atoms with Crippen LogP contribution in [0.1, 0.15) is 35.8 Å². The van der Waals surface area contributed by atoms with Gasteiger partial charge in [0.15, 0.2) is 0 Å². The zero-order chi connectivity index (χ0) is 9.80. The number of nitrogens with zero attached hydrogens (tertiary/aromatic N) is 1. The van der Waals surface area contributed by atoms with Crippen LogP contribution >= 0.6 is 11.8 Å². The Morgan fingerprint density at radius 1 is 1.43 bits per heavy atom. The highest BCUT2D eigenvalue weighted by molar-refractivity contribution is 7.99. The van der Waals surface area contributed by atoms with E-state index in [2.05, 4.69) is 17.1 Å². The van der Waals surface area contributed by atoms with E-state index in [1.54, 1.807) is 0 Å². The molecule has 0 spiro atoms. The molecule has 1 atom stereocenters. The Labute approximate surface area is 89.3 Å². The minimum Gasteiger partial charge on any atom is -0.326 e. The smallest absolute Gasteiger partial charge is 0.0533 e. The molecule has 2 N–H and O–H groups in total. The van der Waals surface area contributed by atoms with E-state index in [1.165, 1.54) is 30.7 Å². The van der Waals surface area contributed by atoms with Crippen LogP contribution in [0.3, 0.4) is 0 Å². The molecule has 1 aromatic heterocycles. The maximum absolute atomic E-state index is 5.53. The van der Waals surface area contributed by atoms with Gasteiger partial charge in [-0.05, 0) is 30.2 Å². The third kappa shape index (κ3) is 2.28. The molecule has 1 aliphatic heterocycles. The fourth-order valence-electron chi connectivity index (χ4n) is 1.72. The van der Waals surface area contributed by atoms with Crippen LogP contribution in [0.15, 0.2) is 18.3 Å². The van der Waals surface area contributed by atoms with Gasteiger partial charge >= 0.3 is 0 Å². The maximum atomic E-state index is 5.53. The molecule has 1 saturated heterocycles. The second kappa shape index (κ2) is 4.80. The fourth-order valence-corrected chi connectivity index (χ4v) is 3.02. The van der Waals surface area contributed by atoms with E-state index in [-0.39, 0.29) is 0 Å². The first-order chi connectivity index (χ1) is 6.90. The SMILES string of the molecule is NCc1ccc(C2CCCCS2)nc1. The number of aromatic nitrogens is 1. The van der Waals surface area contributed by atoms with E-state index < -0.39 is 0 Å². The molecule has 1 unspecified atom stereocenters. The molecule has 0 aliphatic carbocycles. The zero-order valence-corrected chi connectivity index (χ0v) is 9.09. The Kier molecular flexibility index (Phi) is 3.43. The van der Waals surface area contributed by atoms with Gasteiger partial charge in [-0.25, -0.2) is 0 Å². The second-order valence-corrected chi connectivity index (χ2v) is 4.96. The highest BCUT2D eigenvalue weighted by atomic mass is 32.2. The quantitative estimate of drug-likeness (QED) is 0.811. The van der Waals surface area contributed by atoms with E-state index in [0.29, 0.717) is 11.8 Å². The summed E-state index contributed by atoms with van der Waals surface area (Å²) in [5.74, 6) is 1.28. The lowest BCUT2D eigenvalue weighted by atomic mass is 10.1. The van der Waals surface area contributed by atoms with Crippen molar-refractivity contribution in [2.45, 2.75) is 31.1 Å². The molecule has 3 heteroatoms. The highest BCUT2D eigenvalue weighted by Crippen LogP contribution is 2.37. The van der Waals surface area contributed by atoms with Crippen molar-refractivity contribution >= 4 is 11.8 Å². The van der Waals surface area contributed by atoms with E-state index in [1.807, 2.05) is 18.0 Å². The number of thioether (sulfide) groups is 1. The summed E-state index contributed by atoms with van der Waals surface area (Å²) in [6.07, 6.45) is 5.89. The lowest BCUT2D eigenvalue weighted by Gasteiger charge is -2.20. The van der Waals surface area contributed by atoms with Crippen LogP contribution in [0.2, 0.25) is 0 Å². The van der Waals surface area contributed by atoms with E-state index >= 15 is 0 Å². The van der Waals surface area contributed by atoms with E-state index in [4.69, 9.17) is 5.73 Å². The summed E-state index contributed by atoms with van der Waals surface area (Å²) in [5, 5.41) is 0.621. The monoisotopic (exact) mass is 208 g/mol. The summed E-state index contributed by atoms with van der Waals surface area (Å²) in [4.78, 5) is 4.47. The van der Waals surface area contributed by atoms with Crippen LogP contribution in [0, 0.1) is 0 Å². The van der Waals surface area contributed by atoms with Crippen molar-refractivity contribution in [2.24, 2.45) is 5.73 Å². The Hall–Kier alpha value is -0.540. The highest BCUT2D eigenvalue weighted by Gasteiger charge is 2.16. The molecule has 1 aromatic rings. The second-order valence-electron chi connectivity index (χ2n) is 3.65. The van der Waals surface area contributed by atoms with Gasteiger partial charge in [-0.3, -0.25) is 4.98 Å². The van der Waals surface area contributed by atoms with E-state index in [0.717, 1.165) is 5.56 Å². The molecule has 0 aromatic carbocycles. The van der Waals surface area contributed by atoms with Crippen LogP contribution < -0.4 is 5.73 Å². The van der Waals surface area contributed by atoms with Crippen molar-refractivity contribution in [3.05, 3.63) is 29.6 Å². The molecule has 0 bridgehead atoms. The van der Waals surface area contributed by atoms with Gasteiger partial charge in [0.2, 0.25) is 0 Å². The minimum atomic E-state index is 0.588. The Morgan fingerprint density at radius 2 is 2.36 bits per heavy atom. The molecule has 0 amide bonds. The predicted octanol–water partition coefficient (Wildman–Crippen LogP) is 2.50. The van der Waals surface area contributed by atoms with Crippen molar-refractivity contribution in [3.63, 3.8) is 0 Å². The lowest BCUT2D eigenvalue weighted by molar-refractivity contribution is 0.675. The zero-order valence-electron chi connectivity index (χ0n) is 8.28. The molecule has 2 nitrogen and oxygen atoms in total. The molecule has 0 saturated carbocycles. The standard InChI is InChI=1S/C11H16N2S/c12-7-9-4-5-10(13-8-9)11-3-1-2-6-14-11/h4-5,8,11H,1-3,6-7,12H2. The molecule has 76 valence electrons. The number of pyridine rings is 1. The van der Waals surface area contributed by atoms with E-state index in [9.17, 15) is 0 Å². The summed E-state index contributed by atoms with van der Waals surface area (Å²) in [6.45, 7) is 0.588. The van der Waals surface area contributed by atoms with Crippen LogP contribution in [-0.2, 0) is 6.54 Å². The summed E-state index contributed by atoms with van der Waals surface area (Å²) in [5.41, 5.74) is 7.88. The summed E-state index contributed by atoms with van der Waals surface area (Å²) >= 11 is 2.04. The number of hydrogen-bond acceptors (Lipinski definition) is 3. The maximum Gasteiger partial charge on any atom is 0.0533 e. The molecule has 1 fully saturated rings. The van der Waals surface area contributed by atoms with Crippen LogP contribution in [0.25, 0.3) is 0 Å². The summed E-state index contributed by atoms with van der Waals surface area (Å²) in [6, 6.07) is 4.22. The molecule has 14 heavy (non-hydrogen) atoms. The topological polar surface area (TPSA) is 38.9 Å². The molecular weight excluding hydrogens is 192 g/mol. The lowest BCUT2D eigenvalue weighted by Crippen LogP contribution is -2.05. The first-order valence-corrected chi connectivity index (χ1v) is 6.21. The molecular formula is C11H16N2S. The van der Waals surface area contributed by atoms with Gasteiger partial charge in [0.1, 0.15) is 0 Å². The van der Waals surface area contributed by atoms with Gasteiger partial charge in [0.05, 0.1) is 5.69 Å². The fraction of sp³-hybridized carbons (Fsp3) is 0.545. The van der Waals surface area contributed by atoms with Crippen molar-refractivity contribution in [1.82, 2.24) is 4.98 Å². The molecule has 2 heterocycles. The first kappa shape index (κ1) is 9.99. The third-order valence-corrected chi connectivity index (χ3v) is 4.00.